The fourth-order valence-electron chi connectivity index (χ4n) is 1.37. The first-order valence-corrected chi connectivity index (χ1v) is 6.56. The van der Waals surface area contributed by atoms with E-state index in [0.29, 0.717) is 0 Å². The first-order chi connectivity index (χ1) is 7.66. The number of nitrogen functional groups attached to an aromatic ring is 1. The second kappa shape index (κ2) is 4.93. The lowest BCUT2D eigenvalue weighted by molar-refractivity contribution is 1.30. The lowest BCUT2D eigenvalue weighted by atomic mass is 10.2. The third-order valence-electron chi connectivity index (χ3n) is 2.37. The molecule has 82 valence electrons. The number of nitrogens with two attached hydrogens (primary N) is 1. The van der Waals surface area contributed by atoms with Gasteiger partial charge in [0, 0.05) is 20.0 Å². The number of halogens is 1. The highest BCUT2D eigenvalue weighted by Gasteiger charge is 2.03. The zero-order valence-corrected chi connectivity index (χ0v) is 11.3. The van der Waals surface area contributed by atoms with E-state index in [1.807, 2.05) is 24.3 Å². The second-order valence-corrected chi connectivity index (χ2v) is 5.56. The van der Waals surface area contributed by atoms with E-state index in [1.54, 1.807) is 11.8 Å². The van der Waals surface area contributed by atoms with Crippen LogP contribution in [0, 0.1) is 6.92 Å². The SMILES string of the molecule is Cc1c(N)cccc1Sc1ccc(Br)cc1. The molecule has 3 heteroatoms. The Morgan fingerprint density at radius 1 is 1.06 bits per heavy atom. The van der Waals surface area contributed by atoms with Crippen LogP contribution in [0.3, 0.4) is 0 Å². The van der Waals surface area contributed by atoms with Crippen molar-refractivity contribution in [3.8, 4) is 0 Å². The van der Waals surface area contributed by atoms with Crippen LogP contribution in [0.4, 0.5) is 5.69 Å². The van der Waals surface area contributed by atoms with E-state index in [1.165, 1.54) is 9.79 Å². The molecule has 2 rings (SSSR count). The average molecular weight is 294 g/mol. The molecule has 2 N–H and O–H groups in total. The van der Waals surface area contributed by atoms with Crippen molar-refractivity contribution < 1.29 is 0 Å². The van der Waals surface area contributed by atoms with Gasteiger partial charge in [-0.2, -0.15) is 0 Å². The van der Waals surface area contributed by atoms with Crippen molar-refractivity contribution in [2.45, 2.75) is 16.7 Å². The Morgan fingerprint density at radius 2 is 1.75 bits per heavy atom. The molecule has 0 unspecified atom stereocenters. The van der Waals surface area contributed by atoms with Gasteiger partial charge >= 0.3 is 0 Å². The maximum absolute atomic E-state index is 5.88. The number of anilines is 1. The molecule has 0 radical (unpaired) electrons. The van der Waals surface area contributed by atoms with Crippen LogP contribution in [-0.2, 0) is 0 Å². The smallest absolute Gasteiger partial charge is 0.0355 e. The lowest BCUT2D eigenvalue weighted by Gasteiger charge is -2.07. The molecule has 2 aromatic carbocycles. The molecule has 16 heavy (non-hydrogen) atoms. The van der Waals surface area contributed by atoms with Crippen molar-refractivity contribution >= 4 is 33.4 Å². The van der Waals surface area contributed by atoms with Gasteiger partial charge in [0.1, 0.15) is 0 Å². The van der Waals surface area contributed by atoms with Crippen LogP contribution in [0.1, 0.15) is 5.56 Å². The third kappa shape index (κ3) is 2.60. The summed E-state index contributed by atoms with van der Waals surface area (Å²) in [4.78, 5) is 2.43. The molecule has 0 aliphatic rings. The molecule has 0 aliphatic carbocycles. The van der Waals surface area contributed by atoms with Crippen LogP contribution in [0.5, 0.6) is 0 Å². The minimum atomic E-state index is 0.849. The highest BCUT2D eigenvalue weighted by Crippen LogP contribution is 2.32. The van der Waals surface area contributed by atoms with Crippen molar-refractivity contribution in [1.82, 2.24) is 0 Å². The number of benzene rings is 2. The molecule has 0 spiro atoms. The highest BCUT2D eigenvalue weighted by atomic mass is 79.9. The standard InChI is InChI=1S/C13H12BrNS/c1-9-12(15)3-2-4-13(9)16-11-7-5-10(14)6-8-11/h2-8H,15H2,1H3. The van der Waals surface area contributed by atoms with E-state index in [2.05, 4.69) is 41.1 Å². The zero-order chi connectivity index (χ0) is 11.5. The zero-order valence-electron chi connectivity index (χ0n) is 8.91. The number of hydrogen-bond donors (Lipinski definition) is 1. The summed E-state index contributed by atoms with van der Waals surface area (Å²) >= 11 is 5.16. The Morgan fingerprint density at radius 3 is 2.44 bits per heavy atom. The molecule has 0 aromatic heterocycles. The fourth-order valence-corrected chi connectivity index (χ4v) is 2.58. The molecule has 0 saturated carbocycles. The molecule has 0 fully saturated rings. The maximum atomic E-state index is 5.88. The number of rotatable bonds is 2. The summed E-state index contributed by atoms with van der Waals surface area (Å²) in [5, 5.41) is 0. The predicted octanol–water partition coefficient (Wildman–Crippen LogP) is 4.49. The van der Waals surface area contributed by atoms with Gasteiger partial charge in [-0.25, -0.2) is 0 Å². The Bertz CT molecular complexity index is 494. The molecule has 0 bridgehead atoms. The lowest BCUT2D eigenvalue weighted by Crippen LogP contribution is -1.90. The summed E-state index contributed by atoms with van der Waals surface area (Å²) in [6.45, 7) is 2.05. The third-order valence-corrected chi connectivity index (χ3v) is 4.07. The summed E-state index contributed by atoms with van der Waals surface area (Å²) in [6.07, 6.45) is 0. The van der Waals surface area contributed by atoms with Gasteiger partial charge in [0.25, 0.3) is 0 Å². The van der Waals surface area contributed by atoms with Crippen LogP contribution in [-0.4, -0.2) is 0 Å². The van der Waals surface area contributed by atoms with Crippen LogP contribution in [0.2, 0.25) is 0 Å². The van der Waals surface area contributed by atoms with Gasteiger partial charge in [0.2, 0.25) is 0 Å². The molecular weight excluding hydrogens is 282 g/mol. The van der Waals surface area contributed by atoms with E-state index < -0.39 is 0 Å². The fraction of sp³-hybridized carbons (Fsp3) is 0.0769. The Hall–Kier alpha value is -0.930. The van der Waals surface area contributed by atoms with Crippen molar-refractivity contribution in [3.05, 3.63) is 52.5 Å². The molecule has 1 nitrogen and oxygen atoms in total. The Balaban J connectivity index is 2.27. The second-order valence-electron chi connectivity index (χ2n) is 3.53. The van der Waals surface area contributed by atoms with Crippen molar-refractivity contribution in [2.24, 2.45) is 0 Å². The van der Waals surface area contributed by atoms with E-state index in [-0.39, 0.29) is 0 Å². The predicted molar refractivity (Wildman–Crippen MR) is 73.9 cm³/mol. The summed E-state index contributed by atoms with van der Waals surface area (Å²) in [7, 11) is 0. The van der Waals surface area contributed by atoms with Crippen molar-refractivity contribution in [3.63, 3.8) is 0 Å². The molecule has 0 amide bonds. The quantitative estimate of drug-likeness (QED) is 0.826. The van der Waals surface area contributed by atoms with Gasteiger partial charge in [0.05, 0.1) is 0 Å². The maximum Gasteiger partial charge on any atom is 0.0355 e. The summed E-state index contributed by atoms with van der Waals surface area (Å²) in [5.74, 6) is 0. The van der Waals surface area contributed by atoms with Gasteiger partial charge in [-0.15, -0.1) is 0 Å². The average Bonchev–Trinajstić information content (AvgIpc) is 2.28. The monoisotopic (exact) mass is 293 g/mol. The minimum Gasteiger partial charge on any atom is -0.398 e. The molecule has 2 aromatic rings. The first kappa shape index (κ1) is 11.6. The van der Waals surface area contributed by atoms with Gasteiger partial charge in [-0.3, -0.25) is 0 Å². The molecule has 0 aliphatic heterocycles. The topological polar surface area (TPSA) is 26.0 Å². The van der Waals surface area contributed by atoms with E-state index in [0.717, 1.165) is 15.7 Å². The highest BCUT2D eigenvalue weighted by molar-refractivity contribution is 9.10. The molecule has 0 saturated heterocycles. The normalized spacial score (nSPS) is 10.4. The summed E-state index contributed by atoms with van der Waals surface area (Å²) < 4.78 is 1.10. The van der Waals surface area contributed by atoms with E-state index in [4.69, 9.17) is 5.73 Å². The van der Waals surface area contributed by atoms with Crippen LogP contribution in [0.15, 0.2) is 56.7 Å². The summed E-state index contributed by atoms with van der Waals surface area (Å²) in [6, 6.07) is 14.3. The van der Waals surface area contributed by atoms with Gasteiger partial charge in [-0.05, 0) is 48.9 Å². The summed E-state index contributed by atoms with van der Waals surface area (Å²) in [5.41, 5.74) is 7.88. The van der Waals surface area contributed by atoms with Crippen LogP contribution in [0.25, 0.3) is 0 Å². The van der Waals surface area contributed by atoms with Crippen LogP contribution < -0.4 is 5.73 Å². The minimum absolute atomic E-state index is 0.849. The molecular formula is C13H12BrNS. The first-order valence-electron chi connectivity index (χ1n) is 4.95. The van der Waals surface area contributed by atoms with Crippen LogP contribution >= 0.6 is 27.7 Å². The van der Waals surface area contributed by atoms with E-state index in [9.17, 15) is 0 Å². The van der Waals surface area contributed by atoms with Gasteiger partial charge < -0.3 is 5.73 Å². The van der Waals surface area contributed by atoms with Crippen molar-refractivity contribution in [1.29, 1.82) is 0 Å². The van der Waals surface area contributed by atoms with E-state index >= 15 is 0 Å². The molecule has 0 atom stereocenters. The number of hydrogen-bond acceptors (Lipinski definition) is 2. The van der Waals surface area contributed by atoms with Crippen molar-refractivity contribution in [2.75, 3.05) is 5.73 Å². The van der Waals surface area contributed by atoms with Gasteiger partial charge in [-0.1, -0.05) is 33.8 Å². The Kier molecular flexibility index (Phi) is 3.56. The van der Waals surface area contributed by atoms with Gasteiger partial charge in [0.15, 0.2) is 0 Å². The molecule has 0 heterocycles. The largest absolute Gasteiger partial charge is 0.398 e. The Labute approximate surface area is 108 Å².